The Labute approximate surface area is 179 Å². The van der Waals surface area contributed by atoms with Gasteiger partial charge in [-0.25, -0.2) is 4.98 Å². The molecule has 30 heavy (non-hydrogen) atoms. The summed E-state index contributed by atoms with van der Waals surface area (Å²) in [7, 11) is 0. The Morgan fingerprint density at radius 1 is 1.20 bits per heavy atom. The third-order valence-corrected chi connectivity index (χ3v) is 5.39. The molecule has 0 aliphatic carbocycles. The van der Waals surface area contributed by atoms with Gasteiger partial charge in [0.05, 0.1) is 39.2 Å². The smallest absolute Gasteiger partial charge is 0.252 e. The van der Waals surface area contributed by atoms with Crippen molar-refractivity contribution >= 4 is 28.4 Å². The van der Waals surface area contributed by atoms with Crippen LogP contribution >= 0.6 is 11.6 Å². The zero-order valence-corrected chi connectivity index (χ0v) is 17.8. The van der Waals surface area contributed by atoms with Gasteiger partial charge in [0.15, 0.2) is 0 Å². The fourth-order valence-corrected chi connectivity index (χ4v) is 3.74. The van der Waals surface area contributed by atoms with Gasteiger partial charge in [0.1, 0.15) is 0 Å². The number of amides is 1. The van der Waals surface area contributed by atoms with E-state index < -0.39 is 0 Å². The van der Waals surface area contributed by atoms with Gasteiger partial charge in [-0.15, -0.1) is 0 Å². The number of fused-ring (bicyclic) bond motifs is 1. The molecule has 7 heteroatoms. The summed E-state index contributed by atoms with van der Waals surface area (Å²) in [6.07, 6.45) is 3.67. The summed E-state index contributed by atoms with van der Waals surface area (Å²) < 4.78 is 1.87. The van der Waals surface area contributed by atoms with Gasteiger partial charge in [-0.05, 0) is 45.0 Å². The largest absolute Gasteiger partial charge is 0.345 e. The number of aryl methyl sites for hydroxylation is 2. The number of nitrogens with one attached hydrogen (secondary N) is 1. The fourth-order valence-electron chi connectivity index (χ4n) is 3.52. The van der Waals surface area contributed by atoms with Gasteiger partial charge in [0, 0.05) is 29.9 Å². The Morgan fingerprint density at radius 2 is 2.03 bits per heavy atom. The first-order valence-corrected chi connectivity index (χ1v) is 10.2. The lowest BCUT2D eigenvalue weighted by atomic mass is 10.0. The predicted molar refractivity (Wildman–Crippen MR) is 119 cm³/mol. The van der Waals surface area contributed by atoms with Crippen LogP contribution < -0.4 is 5.32 Å². The van der Waals surface area contributed by atoms with Crippen molar-refractivity contribution in [1.29, 1.82) is 0 Å². The highest BCUT2D eigenvalue weighted by atomic mass is 35.5. The molecule has 0 saturated carbocycles. The van der Waals surface area contributed by atoms with E-state index in [9.17, 15) is 4.79 Å². The van der Waals surface area contributed by atoms with Gasteiger partial charge in [0.25, 0.3) is 5.91 Å². The molecule has 0 aliphatic heterocycles. The van der Waals surface area contributed by atoms with Gasteiger partial charge in [-0.3, -0.25) is 14.5 Å². The van der Waals surface area contributed by atoms with E-state index in [2.05, 4.69) is 20.4 Å². The summed E-state index contributed by atoms with van der Waals surface area (Å²) in [5.41, 5.74) is 4.27. The molecule has 0 aliphatic rings. The monoisotopic (exact) mass is 419 g/mol. The number of carbonyl (C=O) groups excluding carboxylic acids is 1. The summed E-state index contributed by atoms with van der Waals surface area (Å²) in [5.74, 6) is -0.196. The highest BCUT2D eigenvalue weighted by Crippen LogP contribution is 2.29. The number of rotatable bonds is 5. The SMILES string of the molecule is CCn1cc(C(C)NC(=O)c2cc(-c3ccccn3)nc3c(Cl)cccc23)c(C)n1. The molecule has 3 aromatic heterocycles. The summed E-state index contributed by atoms with van der Waals surface area (Å²) in [6, 6.07) is 12.6. The summed E-state index contributed by atoms with van der Waals surface area (Å²) in [4.78, 5) is 22.3. The zero-order valence-electron chi connectivity index (χ0n) is 17.1. The van der Waals surface area contributed by atoms with Crippen molar-refractivity contribution in [2.75, 3.05) is 0 Å². The fraction of sp³-hybridized carbons (Fsp3) is 0.217. The Bertz CT molecular complexity index is 1220. The molecule has 0 spiro atoms. The maximum absolute atomic E-state index is 13.3. The van der Waals surface area contributed by atoms with E-state index in [-0.39, 0.29) is 11.9 Å². The standard InChI is InChI=1S/C23H22ClN5O/c1-4-29-13-18(15(3)28-29)14(2)26-23(30)17-12-21(20-10-5-6-11-25-20)27-22-16(17)8-7-9-19(22)24/h5-14H,4H2,1-3H3,(H,26,30). The van der Waals surface area contributed by atoms with Gasteiger partial charge >= 0.3 is 0 Å². The van der Waals surface area contributed by atoms with E-state index in [0.717, 1.165) is 17.8 Å². The zero-order chi connectivity index (χ0) is 21.3. The number of carbonyl (C=O) groups is 1. The molecule has 1 amide bonds. The third kappa shape index (κ3) is 3.78. The summed E-state index contributed by atoms with van der Waals surface area (Å²) in [5, 5.41) is 8.77. The second-order valence-electron chi connectivity index (χ2n) is 7.13. The van der Waals surface area contributed by atoms with Crippen molar-refractivity contribution in [3.05, 3.63) is 76.7 Å². The number of nitrogens with zero attached hydrogens (tertiary/aromatic N) is 4. The van der Waals surface area contributed by atoms with Gasteiger partial charge in [-0.1, -0.05) is 29.8 Å². The van der Waals surface area contributed by atoms with Crippen LogP contribution in [-0.2, 0) is 6.54 Å². The second kappa shape index (κ2) is 8.24. The normalized spacial score (nSPS) is 12.1. The van der Waals surface area contributed by atoms with E-state index in [1.165, 1.54) is 0 Å². The van der Waals surface area contributed by atoms with Crippen LogP contribution in [0.5, 0.6) is 0 Å². The molecule has 0 bridgehead atoms. The van der Waals surface area contributed by atoms with Crippen LogP contribution in [-0.4, -0.2) is 25.7 Å². The minimum atomic E-state index is -0.196. The quantitative estimate of drug-likeness (QED) is 0.496. The first kappa shape index (κ1) is 20.0. The van der Waals surface area contributed by atoms with Crippen LogP contribution in [0.1, 0.15) is 41.5 Å². The molecule has 0 saturated heterocycles. The predicted octanol–water partition coefficient (Wildman–Crippen LogP) is 4.97. The Kier molecular flexibility index (Phi) is 5.50. The number of pyridine rings is 2. The average Bonchev–Trinajstić information content (AvgIpc) is 3.15. The van der Waals surface area contributed by atoms with E-state index >= 15 is 0 Å². The van der Waals surface area contributed by atoms with Crippen LogP contribution in [0.2, 0.25) is 5.02 Å². The molecule has 1 N–H and O–H groups in total. The van der Waals surface area contributed by atoms with Crippen LogP contribution in [0, 0.1) is 6.92 Å². The lowest BCUT2D eigenvalue weighted by Crippen LogP contribution is -2.27. The van der Waals surface area contributed by atoms with E-state index in [4.69, 9.17) is 11.6 Å². The molecule has 1 unspecified atom stereocenters. The van der Waals surface area contributed by atoms with E-state index in [0.29, 0.717) is 32.9 Å². The number of benzene rings is 1. The minimum Gasteiger partial charge on any atom is -0.345 e. The molecule has 4 rings (SSSR count). The topological polar surface area (TPSA) is 72.7 Å². The summed E-state index contributed by atoms with van der Waals surface area (Å²) >= 11 is 6.41. The van der Waals surface area contributed by atoms with Crippen molar-refractivity contribution in [3.63, 3.8) is 0 Å². The van der Waals surface area contributed by atoms with Crippen LogP contribution in [0.15, 0.2) is 54.9 Å². The molecular weight excluding hydrogens is 398 g/mol. The Hall–Kier alpha value is -3.25. The van der Waals surface area contributed by atoms with Crippen molar-refractivity contribution < 1.29 is 4.79 Å². The van der Waals surface area contributed by atoms with Gasteiger partial charge < -0.3 is 5.32 Å². The van der Waals surface area contributed by atoms with E-state index in [1.807, 2.05) is 62.0 Å². The molecule has 1 atom stereocenters. The van der Waals surface area contributed by atoms with Crippen LogP contribution in [0.3, 0.4) is 0 Å². The van der Waals surface area contributed by atoms with Crippen molar-refractivity contribution in [2.24, 2.45) is 0 Å². The number of halogens is 1. The second-order valence-corrected chi connectivity index (χ2v) is 7.53. The van der Waals surface area contributed by atoms with Crippen molar-refractivity contribution in [1.82, 2.24) is 25.1 Å². The average molecular weight is 420 g/mol. The van der Waals surface area contributed by atoms with Crippen LogP contribution in [0.25, 0.3) is 22.3 Å². The number of hydrogen-bond acceptors (Lipinski definition) is 4. The highest BCUT2D eigenvalue weighted by molar-refractivity contribution is 6.35. The lowest BCUT2D eigenvalue weighted by Gasteiger charge is -2.15. The Morgan fingerprint density at radius 3 is 2.73 bits per heavy atom. The molecule has 1 aromatic carbocycles. The molecule has 0 fully saturated rings. The maximum atomic E-state index is 13.3. The van der Waals surface area contributed by atoms with Crippen LogP contribution in [0.4, 0.5) is 0 Å². The minimum absolute atomic E-state index is 0.196. The number of para-hydroxylation sites is 1. The summed E-state index contributed by atoms with van der Waals surface area (Å²) in [6.45, 7) is 6.72. The highest BCUT2D eigenvalue weighted by Gasteiger charge is 2.20. The van der Waals surface area contributed by atoms with Crippen molar-refractivity contribution in [3.8, 4) is 11.4 Å². The van der Waals surface area contributed by atoms with Gasteiger partial charge in [-0.2, -0.15) is 5.10 Å². The van der Waals surface area contributed by atoms with E-state index in [1.54, 1.807) is 18.3 Å². The molecule has 152 valence electrons. The Balaban J connectivity index is 1.76. The first-order chi connectivity index (χ1) is 14.5. The molecular formula is C23H22ClN5O. The number of aromatic nitrogens is 4. The number of hydrogen-bond donors (Lipinski definition) is 1. The maximum Gasteiger partial charge on any atom is 0.252 e. The lowest BCUT2D eigenvalue weighted by molar-refractivity contribution is 0.0941. The molecule has 0 radical (unpaired) electrons. The molecule has 3 heterocycles. The van der Waals surface area contributed by atoms with Crippen molar-refractivity contribution in [2.45, 2.75) is 33.4 Å². The van der Waals surface area contributed by atoms with Gasteiger partial charge in [0.2, 0.25) is 0 Å². The first-order valence-electron chi connectivity index (χ1n) is 9.83. The third-order valence-electron chi connectivity index (χ3n) is 5.08. The molecule has 6 nitrogen and oxygen atoms in total. The molecule has 4 aromatic rings.